The lowest BCUT2D eigenvalue weighted by Crippen LogP contribution is -2.35. The summed E-state index contributed by atoms with van der Waals surface area (Å²) >= 11 is 3.53. The Hall–Kier alpha value is -2.47. The fourth-order valence-electron chi connectivity index (χ4n) is 4.00. The minimum Gasteiger partial charge on any atom is -0.466 e. The van der Waals surface area contributed by atoms with Crippen molar-refractivity contribution in [2.24, 2.45) is 10.7 Å². The number of methoxy groups -OCH3 is 1. The standard InChI is InChI=1S/C20H16BrFN2O2/c1-26-19(25)15-8-9-20(11-2-5-13(22)6-3-11)16-10-12(21)4-7-14(16)18(23)24-17(15)20/h2-7,10H,8-9H2,1H3,(H2,23,24). The molecule has 1 unspecified atom stereocenters. The smallest absolute Gasteiger partial charge is 0.335 e. The van der Waals surface area contributed by atoms with Gasteiger partial charge in [-0.25, -0.2) is 14.2 Å². The second-order valence-corrected chi connectivity index (χ2v) is 7.33. The molecule has 1 atom stereocenters. The maximum Gasteiger partial charge on any atom is 0.335 e. The molecule has 1 aliphatic heterocycles. The summed E-state index contributed by atoms with van der Waals surface area (Å²) in [4.78, 5) is 16.9. The predicted octanol–water partition coefficient (Wildman–Crippen LogP) is 3.81. The number of carbonyl (C=O) groups is 1. The Morgan fingerprint density at radius 3 is 2.69 bits per heavy atom. The average Bonchev–Trinajstić information content (AvgIpc) is 3.02. The highest BCUT2D eigenvalue weighted by molar-refractivity contribution is 9.10. The minimum absolute atomic E-state index is 0.310. The van der Waals surface area contributed by atoms with Gasteiger partial charge in [0, 0.05) is 10.0 Å². The fourth-order valence-corrected chi connectivity index (χ4v) is 4.36. The molecule has 0 spiro atoms. The maximum atomic E-state index is 13.5. The lowest BCUT2D eigenvalue weighted by molar-refractivity contribution is -0.136. The van der Waals surface area contributed by atoms with Gasteiger partial charge in [0.2, 0.25) is 0 Å². The van der Waals surface area contributed by atoms with Crippen LogP contribution in [0.2, 0.25) is 0 Å². The van der Waals surface area contributed by atoms with Gasteiger partial charge in [-0.15, -0.1) is 0 Å². The molecular formula is C20H16BrFN2O2. The summed E-state index contributed by atoms with van der Waals surface area (Å²) in [6.07, 6.45) is 1.15. The van der Waals surface area contributed by atoms with Crippen LogP contribution in [0.15, 0.2) is 63.2 Å². The maximum absolute atomic E-state index is 13.5. The molecule has 0 radical (unpaired) electrons. The lowest BCUT2D eigenvalue weighted by atomic mass is 9.69. The molecule has 4 rings (SSSR count). The first-order chi connectivity index (χ1) is 12.5. The molecule has 2 aromatic carbocycles. The van der Waals surface area contributed by atoms with Gasteiger partial charge in [-0.1, -0.05) is 28.1 Å². The molecule has 6 heteroatoms. The number of rotatable bonds is 2. The minimum atomic E-state index is -0.654. The van der Waals surface area contributed by atoms with Crippen LogP contribution < -0.4 is 5.73 Å². The van der Waals surface area contributed by atoms with Gasteiger partial charge in [0.05, 0.1) is 23.8 Å². The molecular weight excluding hydrogens is 399 g/mol. The van der Waals surface area contributed by atoms with Crippen LogP contribution in [0.5, 0.6) is 0 Å². The number of carbonyl (C=O) groups excluding carboxylic acids is 1. The van der Waals surface area contributed by atoms with Gasteiger partial charge < -0.3 is 10.5 Å². The molecule has 132 valence electrons. The van der Waals surface area contributed by atoms with Crippen molar-refractivity contribution in [2.75, 3.05) is 7.11 Å². The van der Waals surface area contributed by atoms with Crippen molar-refractivity contribution in [1.82, 2.24) is 0 Å². The molecule has 0 fully saturated rings. The van der Waals surface area contributed by atoms with E-state index in [-0.39, 0.29) is 5.82 Å². The van der Waals surface area contributed by atoms with Gasteiger partial charge in [-0.2, -0.15) is 0 Å². The molecule has 4 nitrogen and oxygen atoms in total. The highest BCUT2D eigenvalue weighted by Gasteiger charge is 2.49. The number of nitrogens with zero attached hydrogens (tertiary/aromatic N) is 1. The van der Waals surface area contributed by atoms with E-state index in [9.17, 15) is 9.18 Å². The van der Waals surface area contributed by atoms with Crippen LogP contribution in [0.4, 0.5) is 4.39 Å². The van der Waals surface area contributed by atoms with Gasteiger partial charge >= 0.3 is 5.97 Å². The number of hydrogen-bond acceptors (Lipinski definition) is 4. The number of nitrogens with two attached hydrogens (primary N) is 1. The van der Waals surface area contributed by atoms with Crippen LogP contribution in [0.1, 0.15) is 29.5 Å². The largest absolute Gasteiger partial charge is 0.466 e. The molecule has 0 bridgehead atoms. The van der Waals surface area contributed by atoms with Gasteiger partial charge in [-0.05, 0) is 54.3 Å². The third kappa shape index (κ3) is 2.32. The third-order valence-corrected chi connectivity index (χ3v) is 5.65. The van der Waals surface area contributed by atoms with E-state index < -0.39 is 11.4 Å². The zero-order valence-electron chi connectivity index (χ0n) is 14.1. The number of hydrogen-bond donors (Lipinski definition) is 1. The Morgan fingerprint density at radius 1 is 1.27 bits per heavy atom. The van der Waals surface area contributed by atoms with E-state index in [1.165, 1.54) is 19.2 Å². The van der Waals surface area contributed by atoms with Crippen LogP contribution in [-0.4, -0.2) is 18.9 Å². The number of fused-ring (bicyclic) bond motifs is 3. The second kappa shape index (κ2) is 6.06. The first-order valence-corrected chi connectivity index (χ1v) is 8.99. The number of allylic oxidation sites excluding steroid dienone is 1. The van der Waals surface area contributed by atoms with E-state index in [0.29, 0.717) is 29.9 Å². The monoisotopic (exact) mass is 414 g/mol. The molecule has 1 heterocycles. The third-order valence-electron chi connectivity index (χ3n) is 5.16. The molecule has 0 saturated carbocycles. The molecule has 1 aliphatic carbocycles. The Morgan fingerprint density at radius 2 is 2.00 bits per heavy atom. The zero-order chi connectivity index (χ0) is 18.5. The van der Waals surface area contributed by atoms with E-state index in [1.54, 1.807) is 12.1 Å². The number of esters is 1. The van der Waals surface area contributed by atoms with Crippen molar-refractivity contribution in [3.05, 3.63) is 80.7 Å². The van der Waals surface area contributed by atoms with Crippen LogP contribution in [0, 0.1) is 5.82 Å². The number of benzene rings is 2. The van der Waals surface area contributed by atoms with Crippen LogP contribution in [0.3, 0.4) is 0 Å². The van der Waals surface area contributed by atoms with E-state index in [2.05, 4.69) is 20.9 Å². The van der Waals surface area contributed by atoms with E-state index in [4.69, 9.17) is 10.5 Å². The van der Waals surface area contributed by atoms with Crippen molar-refractivity contribution in [3.63, 3.8) is 0 Å². The summed E-state index contributed by atoms with van der Waals surface area (Å²) in [5.74, 6) is -0.349. The fraction of sp³-hybridized carbons (Fsp3) is 0.200. The highest BCUT2D eigenvalue weighted by atomic mass is 79.9. The van der Waals surface area contributed by atoms with Crippen molar-refractivity contribution < 1.29 is 13.9 Å². The molecule has 0 saturated heterocycles. The Balaban J connectivity index is 2.07. The summed E-state index contributed by atoms with van der Waals surface area (Å²) < 4.78 is 19.4. The van der Waals surface area contributed by atoms with Gasteiger partial charge in [-0.3, -0.25) is 0 Å². The van der Waals surface area contributed by atoms with Crippen molar-refractivity contribution in [3.8, 4) is 0 Å². The van der Waals surface area contributed by atoms with E-state index >= 15 is 0 Å². The van der Waals surface area contributed by atoms with Crippen LogP contribution in [-0.2, 0) is 14.9 Å². The molecule has 2 aromatic rings. The molecule has 0 aromatic heterocycles. The molecule has 26 heavy (non-hydrogen) atoms. The summed E-state index contributed by atoms with van der Waals surface area (Å²) in [7, 11) is 1.36. The quantitative estimate of drug-likeness (QED) is 0.759. The first-order valence-electron chi connectivity index (χ1n) is 8.20. The topological polar surface area (TPSA) is 64.7 Å². The summed E-state index contributed by atoms with van der Waals surface area (Å²) in [5, 5.41) is 0. The second-order valence-electron chi connectivity index (χ2n) is 6.42. The lowest BCUT2D eigenvalue weighted by Gasteiger charge is -2.37. The van der Waals surface area contributed by atoms with Crippen LogP contribution >= 0.6 is 15.9 Å². The average molecular weight is 415 g/mol. The SMILES string of the molecule is COC(=O)C1=C2N=C(N)c3ccc(Br)cc3C2(c2ccc(F)cc2)CC1. The van der Waals surface area contributed by atoms with Gasteiger partial charge in [0.1, 0.15) is 11.7 Å². The van der Waals surface area contributed by atoms with Crippen molar-refractivity contribution in [2.45, 2.75) is 18.3 Å². The van der Waals surface area contributed by atoms with Gasteiger partial charge in [0.25, 0.3) is 0 Å². The summed E-state index contributed by atoms with van der Waals surface area (Å²) in [5.41, 5.74) is 9.33. The molecule has 2 N–H and O–H groups in total. The number of amidine groups is 1. The van der Waals surface area contributed by atoms with Crippen molar-refractivity contribution in [1.29, 1.82) is 0 Å². The zero-order valence-corrected chi connectivity index (χ0v) is 15.6. The highest BCUT2D eigenvalue weighted by Crippen LogP contribution is 2.54. The predicted molar refractivity (Wildman–Crippen MR) is 100 cm³/mol. The van der Waals surface area contributed by atoms with E-state index in [1.807, 2.05) is 18.2 Å². The van der Waals surface area contributed by atoms with Crippen LogP contribution in [0.25, 0.3) is 0 Å². The van der Waals surface area contributed by atoms with Gasteiger partial charge in [0.15, 0.2) is 0 Å². The van der Waals surface area contributed by atoms with E-state index in [0.717, 1.165) is 21.2 Å². The number of aliphatic imine (C=N–C) groups is 1. The molecule has 2 aliphatic rings. The Bertz CT molecular complexity index is 982. The Kier molecular flexibility index (Phi) is 3.95. The molecule has 0 amide bonds. The summed E-state index contributed by atoms with van der Waals surface area (Å²) in [6.45, 7) is 0. The number of halogens is 2. The normalized spacial score (nSPS) is 21.1. The van der Waals surface area contributed by atoms with Crippen molar-refractivity contribution >= 4 is 27.7 Å². The first kappa shape index (κ1) is 17.0. The summed E-state index contributed by atoms with van der Waals surface area (Å²) in [6, 6.07) is 12.2. The Labute approximate surface area is 158 Å². The number of ether oxygens (including phenoxy) is 1.